The molecule has 35 heavy (non-hydrogen) atoms. The highest BCUT2D eigenvalue weighted by molar-refractivity contribution is 5.95. The SMILES string of the molecule is CCCOCCNC(=O)c1ccc(C)nc1C1CCN(C(=O)CNC(=O)Nc2ccccc2)CC1. The maximum Gasteiger partial charge on any atom is 0.319 e. The van der Waals surface area contributed by atoms with Gasteiger partial charge in [0.2, 0.25) is 5.91 Å². The molecule has 4 amide bonds. The van der Waals surface area contributed by atoms with Crippen molar-refractivity contribution in [2.24, 2.45) is 0 Å². The van der Waals surface area contributed by atoms with Crippen LogP contribution in [0.1, 0.15) is 53.8 Å². The number of amides is 4. The Balaban J connectivity index is 1.49. The van der Waals surface area contributed by atoms with Crippen LogP contribution in [-0.4, -0.2) is 67.1 Å². The van der Waals surface area contributed by atoms with E-state index in [1.54, 1.807) is 17.0 Å². The van der Waals surface area contributed by atoms with E-state index in [4.69, 9.17) is 4.74 Å². The second-order valence-corrected chi connectivity index (χ2v) is 8.58. The zero-order valence-corrected chi connectivity index (χ0v) is 20.5. The number of ether oxygens (including phenoxy) is 1. The quantitative estimate of drug-likeness (QED) is 0.452. The average Bonchev–Trinajstić information content (AvgIpc) is 2.87. The lowest BCUT2D eigenvalue weighted by Gasteiger charge is -2.32. The highest BCUT2D eigenvalue weighted by Gasteiger charge is 2.28. The van der Waals surface area contributed by atoms with Crippen LogP contribution >= 0.6 is 0 Å². The summed E-state index contributed by atoms with van der Waals surface area (Å²) in [7, 11) is 0. The standard InChI is InChI=1S/C26H35N5O4/c1-3-16-35-17-13-27-25(33)22-10-9-19(2)29-24(22)20-11-14-31(15-12-20)23(32)18-28-26(34)30-21-7-5-4-6-8-21/h4-10,20H,3,11-18H2,1-2H3,(H,27,33)(H2,28,30,34). The van der Waals surface area contributed by atoms with Gasteiger partial charge in [0, 0.05) is 43.5 Å². The molecular weight excluding hydrogens is 446 g/mol. The fourth-order valence-electron chi connectivity index (χ4n) is 4.03. The molecule has 0 unspecified atom stereocenters. The van der Waals surface area contributed by atoms with Gasteiger partial charge in [-0.3, -0.25) is 14.6 Å². The highest BCUT2D eigenvalue weighted by atomic mass is 16.5. The van der Waals surface area contributed by atoms with Gasteiger partial charge in [-0.1, -0.05) is 25.1 Å². The van der Waals surface area contributed by atoms with Gasteiger partial charge >= 0.3 is 6.03 Å². The fraction of sp³-hybridized carbons (Fsp3) is 0.462. The normalized spacial score (nSPS) is 13.8. The Bertz CT molecular complexity index is 990. The van der Waals surface area contributed by atoms with Crippen LogP contribution in [0.25, 0.3) is 0 Å². The molecule has 1 aromatic carbocycles. The molecular formula is C26H35N5O4. The Morgan fingerprint density at radius 2 is 1.77 bits per heavy atom. The summed E-state index contributed by atoms with van der Waals surface area (Å²) in [4.78, 5) is 43.9. The number of likely N-dealkylation sites (tertiary alicyclic amines) is 1. The second kappa shape index (κ2) is 13.4. The average molecular weight is 482 g/mol. The first-order chi connectivity index (χ1) is 17.0. The molecule has 1 aliphatic heterocycles. The minimum absolute atomic E-state index is 0.0697. The number of aromatic nitrogens is 1. The molecule has 1 saturated heterocycles. The largest absolute Gasteiger partial charge is 0.380 e. The number of rotatable bonds is 10. The molecule has 0 aliphatic carbocycles. The van der Waals surface area contributed by atoms with Crippen LogP contribution in [0, 0.1) is 6.92 Å². The Morgan fingerprint density at radius 1 is 1.03 bits per heavy atom. The van der Waals surface area contributed by atoms with Gasteiger partial charge in [-0.15, -0.1) is 0 Å². The summed E-state index contributed by atoms with van der Waals surface area (Å²) < 4.78 is 5.44. The van der Waals surface area contributed by atoms with Crippen molar-refractivity contribution >= 4 is 23.5 Å². The van der Waals surface area contributed by atoms with Crippen molar-refractivity contribution in [1.82, 2.24) is 20.5 Å². The van der Waals surface area contributed by atoms with Crippen LogP contribution in [0.15, 0.2) is 42.5 Å². The number of nitrogens with zero attached hydrogens (tertiary/aromatic N) is 2. The smallest absolute Gasteiger partial charge is 0.319 e. The number of hydrogen-bond donors (Lipinski definition) is 3. The predicted octanol–water partition coefficient (Wildman–Crippen LogP) is 3.07. The molecule has 1 aromatic heterocycles. The zero-order valence-electron chi connectivity index (χ0n) is 20.5. The minimum atomic E-state index is -0.417. The molecule has 2 heterocycles. The molecule has 9 nitrogen and oxygen atoms in total. The number of para-hydroxylation sites is 1. The topological polar surface area (TPSA) is 113 Å². The minimum Gasteiger partial charge on any atom is -0.380 e. The molecule has 1 fully saturated rings. The second-order valence-electron chi connectivity index (χ2n) is 8.58. The number of benzene rings is 1. The van der Waals surface area contributed by atoms with Crippen molar-refractivity contribution in [3.05, 3.63) is 59.4 Å². The predicted molar refractivity (Wildman–Crippen MR) is 134 cm³/mol. The first kappa shape index (κ1) is 26.2. The van der Waals surface area contributed by atoms with Gasteiger partial charge in [0.25, 0.3) is 5.91 Å². The third-order valence-corrected chi connectivity index (χ3v) is 5.86. The van der Waals surface area contributed by atoms with Crippen LogP contribution in [0.3, 0.4) is 0 Å². The summed E-state index contributed by atoms with van der Waals surface area (Å²) in [5.41, 5.74) is 2.88. The van der Waals surface area contributed by atoms with Crippen molar-refractivity contribution in [3.8, 4) is 0 Å². The summed E-state index contributed by atoms with van der Waals surface area (Å²) in [5, 5.41) is 8.23. The molecule has 188 valence electrons. The van der Waals surface area contributed by atoms with Gasteiger partial charge in [0.05, 0.1) is 24.4 Å². The van der Waals surface area contributed by atoms with E-state index in [1.807, 2.05) is 44.2 Å². The molecule has 3 rings (SSSR count). The van der Waals surface area contributed by atoms with Gasteiger partial charge in [0.15, 0.2) is 0 Å². The van der Waals surface area contributed by atoms with E-state index in [-0.39, 0.29) is 24.3 Å². The van der Waals surface area contributed by atoms with Crippen LogP contribution in [0.4, 0.5) is 10.5 Å². The van der Waals surface area contributed by atoms with Crippen LogP contribution in [-0.2, 0) is 9.53 Å². The lowest BCUT2D eigenvalue weighted by molar-refractivity contribution is -0.131. The Labute approximate surface area is 206 Å². The molecule has 2 aromatic rings. The maximum absolute atomic E-state index is 12.8. The first-order valence-electron chi connectivity index (χ1n) is 12.2. The molecule has 0 atom stereocenters. The summed E-state index contributed by atoms with van der Waals surface area (Å²) in [6.07, 6.45) is 2.36. The highest BCUT2D eigenvalue weighted by Crippen LogP contribution is 2.29. The van der Waals surface area contributed by atoms with Crippen molar-refractivity contribution in [2.75, 3.05) is 44.7 Å². The van der Waals surface area contributed by atoms with Gasteiger partial charge in [-0.2, -0.15) is 0 Å². The lowest BCUT2D eigenvalue weighted by Crippen LogP contribution is -2.44. The molecule has 0 spiro atoms. The van der Waals surface area contributed by atoms with E-state index >= 15 is 0 Å². The molecule has 1 aliphatic rings. The van der Waals surface area contributed by atoms with Gasteiger partial charge in [-0.05, 0) is 50.5 Å². The van der Waals surface area contributed by atoms with E-state index in [1.165, 1.54) is 0 Å². The van der Waals surface area contributed by atoms with Crippen LogP contribution in [0.5, 0.6) is 0 Å². The molecule has 3 N–H and O–H groups in total. The van der Waals surface area contributed by atoms with E-state index < -0.39 is 6.03 Å². The van der Waals surface area contributed by atoms with Crippen molar-refractivity contribution in [3.63, 3.8) is 0 Å². The first-order valence-corrected chi connectivity index (χ1v) is 12.2. The molecule has 0 saturated carbocycles. The van der Waals surface area contributed by atoms with E-state index in [0.29, 0.717) is 56.9 Å². The van der Waals surface area contributed by atoms with Crippen molar-refractivity contribution < 1.29 is 19.1 Å². The number of carbonyl (C=O) groups excluding carboxylic acids is 3. The van der Waals surface area contributed by atoms with Crippen LogP contribution in [0.2, 0.25) is 0 Å². The number of hydrogen-bond acceptors (Lipinski definition) is 5. The molecule has 0 bridgehead atoms. The monoisotopic (exact) mass is 481 g/mol. The summed E-state index contributed by atoms with van der Waals surface area (Å²) in [6.45, 7) is 6.59. The van der Waals surface area contributed by atoms with E-state index in [0.717, 1.165) is 17.8 Å². The number of carbonyl (C=O) groups is 3. The fourth-order valence-corrected chi connectivity index (χ4v) is 4.03. The van der Waals surface area contributed by atoms with Gasteiger partial charge in [-0.25, -0.2) is 4.79 Å². The van der Waals surface area contributed by atoms with Crippen molar-refractivity contribution in [1.29, 1.82) is 0 Å². The summed E-state index contributed by atoms with van der Waals surface area (Å²) >= 11 is 0. The van der Waals surface area contributed by atoms with Gasteiger partial charge in [0.1, 0.15) is 0 Å². The van der Waals surface area contributed by atoms with E-state index in [2.05, 4.69) is 20.9 Å². The number of urea groups is 1. The summed E-state index contributed by atoms with van der Waals surface area (Å²) in [5.74, 6) is -0.195. The summed E-state index contributed by atoms with van der Waals surface area (Å²) in [6, 6.07) is 12.3. The number of nitrogens with one attached hydrogen (secondary N) is 3. The Kier molecular flexibility index (Phi) is 10.0. The number of pyridine rings is 1. The number of anilines is 1. The molecule has 0 radical (unpaired) electrons. The maximum atomic E-state index is 12.8. The molecule has 9 heteroatoms. The van der Waals surface area contributed by atoms with Crippen molar-refractivity contribution in [2.45, 2.75) is 39.0 Å². The number of aryl methyl sites for hydroxylation is 1. The van der Waals surface area contributed by atoms with E-state index in [9.17, 15) is 14.4 Å². The Hall–Kier alpha value is -3.46. The van der Waals surface area contributed by atoms with Gasteiger partial charge < -0.3 is 25.6 Å². The number of piperidine rings is 1. The Morgan fingerprint density at radius 3 is 2.49 bits per heavy atom. The van der Waals surface area contributed by atoms with Crippen LogP contribution < -0.4 is 16.0 Å². The third-order valence-electron chi connectivity index (χ3n) is 5.86. The lowest BCUT2D eigenvalue weighted by atomic mass is 9.89. The zero-order chi connectivity index (χ0) is 25.0. The third kappa shape index (κ3) is 8.06.